The molecule has 0 saturated heterocycles. The second-order valence-electron chi connectivity index (χ2n) is 6.03. The number of ether oxygens (including phenoxy) is 1. The highest BCUT2D eigenvalue weighted by Gasteiger charge is 2.17. The fourth-order valence-electron chi connectivity index (χ4n) is 1.63. The standard InChI is InChI=1S/C16H25NO2/c1-13(2)19-15-10-8-14(9-11-15)7-6-12-17(18)16(3,4)5/h8-13H,6-7H2,1-5H3/b17-12+. The van der Waals surface area contributed by atoms with Crippen LogP contribution in [0.25, 0.3) is 0 Å². The van der Waals surface area contributed by atoms with E-state index in [9.17, 15) is 5.21 Å². The lowest BCUT2D eigenvalue weighted by Gasteiger charge is -2.18. The van der Waals surface area contributed by atoms with Crippen molar-refractivity contribution in [3.8, 4) is 5.75 Å². The van der Waals surface area contributed by atoms with Gasteiger partial charge in [0.2, 0.25) is 0 Å². The molecule has 0 atom stereocenters. The highest BCUT2D eigenvalue weighted by atomic mass is 16.5. The fourth-order valence-corrected chi connectivity index (χ4v) is 1.63. The molecule has 0 N–H and O–H groups in total. The lowest BCUT2D eigenvalue weighted by Crippen LogP contribution is -2.29. The van der Waals surface area contributed by atoms with E-state index in [0.29, 0.717) is 0 Å². The Kier molecular flexibility index (Phi) is 5.40. The van der Waals surface area contributed by atoms with Crippen LogP contribution in [0.1, 0.15) is 46.6 Å². The third-order valence-electron chi connectivity index (χ3n) is 2.68. The number of hydrogen-bond donors (Lipinski definition) is 0. The first-order chi connectivity index (χ1) is 8.79. The third kappa shape index (κ3) is 5.77. The molecule has 0 heterocycles. The Morgan fingerprint density at radius 2 is 1.79 bits per heavy atom. The summed E-state index contributed by atoms with van der Waals surface area (Å²) in [5.41, 5.74) is 0.865. The zero-order chi connectivity index (χ0) is 14.5. The van der Waals surface area contributed by atoms with Crippen LogP contribution in [0.5, 0.6) is 5.75 Å². The van der Waals surface area contributed by atoms with Gasteiger partial charge in [-0.2, -0.15) is 0 Å². The molecule has 0 amide bonds. The van der Waals surface area contributed by atoms with Gasteiger partial charge in [0.15, 0.2) is 11.8 Å². The maximum Gasteiger partial charge on any atom is 0.164 e. The van der Waals surface area contributed by atoms with E-state index in [4.69, 9.17) is 4.74 Å². The highest BCUT2D eigenvalue weighted by molar-refractivity contribution is 5.52. The van der Waals surface area contributed by atoms with E-state index in [0.717, 1.165) is 23.3 Å². The predicted octanol–water partition coefficient (Wildman–Crippen LogP) is 3.79. The van der Waals surface area contributed by atoms with Crippen LogP contribution in [0.15, 0.2) is 24.3 Å². The van der Waals surface area contributed by atoms with Gasteiger partial charge in [0.25, 0.3) is 0 Å². The van der Waals surface area contributed by atoms with Crippen molar-refractivity contribution in [3.63, 3.8) is 0 Å². The molecule has 0 aliphatic carbocycles. The summed E-state index contributed by atoms with van der Waals surface area (Å²) >= 11 is 0. The average molecular weight is 263 g/mol. The maximum absolute atomic E-state index is 11.7. The van der Waals surface area contributed by atoms with E-state index in [-0.39, 0.29) is 11.6 Å². The summed E-state index contributed by atoms with van der Waals surface area (Å²) in [6.07, 6.45) is 3.54. The first-order valence-corrected chi connectivity index (χ1v) is 6.84. The van der Waals surface area contributed by atoms with Gasteiger partial charge in [0, 0.05) is 27.2 Å². The average Bonchev–Trinajstić information content (AvgIpc) is 2.29. The van der Waals surface area contributed by atoms with Gasteiger partial charge >= 0.3 is 0 Å². The van der Waals surface area contributed by atoms with Gasteiger partial charge in [-0.05, 0) is 38.0 Å². The van der Waals surface area contributed by atoms with E-state index in [1.807, 2.05) is 46.8 Å². The molecule has 1 rings (SSSR count). The van der Waals surface area contributed by atoms with Gasteiger partial charge in [-0.25, -0.2) is 4.74 Å². The molecule has 0 bridgehead atoms. The second kappa shape index (κ2) is 6.60. The highest BCUT2D eigenvalue weighted by Crippen LogP contribution is 2.14. The Balaban J connectivity index is 2.51. The van der Waals surface area contributed by atoms with Gasteiger partial charge in [-0.1, -0.05) is 12.1 Å². The van der Waals surface area contributed by atoms with Crippen molar-refractivity contribution in [1.82, 2.24) is 0 Å². The summed E-state index contributed by atoms with van der Waals surface area (Å²) in [7, 11) is 0. The fraction of sp³-hybridized carbons (Fsp3) is 0.562. The number of benzene rings is 1. The minimum absolute atomic E-state index is 0.194. The molecule has 0 saturated carbocycles. The molecule has 0 fully saturated rings. The SMILES string of the molecule is CC(C)Oc1ccc(CC/C=[N+](/[O-])C(C)(C)C)cc1. The summed E-state index contributed by atoms with van der Waals surface area (Å²) in [4.78, 5) is 0. The molecule has 0 aliphatic rings. The summed E-state index contributed by atoms with van der Waals surface area (Å²) in [6.45, 7) is 9.76. The maximum atomic E-state index is 11.7. The Labute approximate surface area is 116 Å². The first-order valence-electron chi connectivity index (χ1n) is 6.84. The largest absolute Gasteiger partial charge is 0.624 e. The van der Waals surface area contributed by atoms with Gasteiger partial charge in [0.1, 0.15) is 5.75 Å². The van der Waals surface area contributed by atoms with Crippen LogP contribution in [-0.4, -0.2) is 22.6 Å². The summed E-state index contributed by atoms with van der Waals surface area (Å²) in [5, 5.41) is 11.7. The molecule has 0 unspecified atom stereocenters. The molecule has 3 nitrogen and oxygen atoms in total. The quantitative estimate of drug-likeness (QED) is 0.351. The van der Waals surface area contributed by atoms with Crippen molar-refractivity contribution in [3.05, 3.63) is 35.0 Å². The second-order valence-corrected chi connectivity index (χ2v) is 6.03. The molecular weight excluding hydrogens is 238 g/mol. The number of hydrogen-bond acceptors (Lipinski definition) is 2. The normalized spacial score (nSPS) is 12.8. The minimum atomic E-state index is -0.352. The van der Waals surface area contributed by atoms with Crippen molar-refractivity contribution < 1.29 is 9.48 Å². The van der Waals surface area contributed by atoms with Crippen LogP contribution in [0, 0.1) is 5.21 Å². The first kappa shape index (κ1) is 15.5. The zero-order valence-electron chi connectivity index (χ0n) is 12.6. The minimum Gasteiger partial charge on any atom is -0.624 e. The van der Waals surface area contributed by atoms with Gasteiger partial charge in [-0.15, -0.1) is 0 Å². The molecule has 106 valence electrons. The van der Waals surface area contributed by atoms with Crippen LogP contribution >= 0.6 is 0 Å². The van der Waals surface area contributed by atoms with Crippen molar-refractivity contribution in [2.75, 3.05) is 0 Å². The Morgan fingerprint density at radius 3 is 2.26 bits per heavy atom. The smallest absolute Gasteiger partial charge is 0.164 e. The predicted molar refractivity (Wildman–Crippen MR) is 80.0 cm³/mol. The van der Waals surface area contributed by atoms with Crippen LogP contribution in [0.3, 0.4) is 0 Å². The molecular formula is C16H25NO2. The molecule has 0 aliphatic heterocycles. The van der Waals surface area contributed by atoms with Crippen molar-refractivity contribution in [2.45, 2.75) is 59.1 Å². The molecule has 1 aromatic rings. The lowest BCUT2D eigenvalue weighted by molar-refractivity contribution is -0.532. The molecule has 0 aromatic heterocycles. The van der Waals surface area contributed by atoms with Gasteiger partial charge < -0.3 is 9.94 Å². The molecule has 0 spiro atoms. The number of aryl methyl sites for hydroxylation is 1. The molecule has 3 heteroatoms. The van der Waals surface area contributed by atoms with Crippen molar-refractivity contribution in [1.29, 1.82) is 0 Å². The summed E-state index contributed by atoms with van der Waals surface area (Å²) in [6, 6.07) is 8.07. The van der Waals surface area contributed by atoms with E-state index in [2.05, 4.69) is 12.1 Å². The van der Waals surface area contributed by atoms with Crippen LogP contribution in [0.2, 0.25) is 0 Å². The lowest BCUT2D eigenvalue weighted by atomic mass is 10.1. The number of nitrogens with zero attached hydrogens (tertiary/aromatic N) is 1. The van der Waals surface area contributed by atoms with Crippen molar-refractivity contribution in [2.24, 2.45) is 0 Å². The van der Waals surface area contributed by atoms with Crippen LogP contribution < -0.4 is 4.74 Å². The van der Waals surface area contributed by atoms with Gasteiger partial charge in [-0.3, -0.25) is 0 Å². The van der Waals surface area contributed by atoms with Gasteiger partial charge in [0.05, 0.1) is 6.10 Å². The van der Waals surface area contributed by atoms with Crippen molar-refractivity contribution >= 4 is 6.21 Å². The Hall–Kier alpha value is -1.51. The molecule has 0 radical (unpaired) electrons. The number of hydroxylamine groups is 1. The van der Waals surface area contributed by atoms with E-state index < -0.39 is 0 Å². The molecule has 1 aromatic carbocycles. The number of rotatable bonds is 5. The van der Waals surface area contributed by atoms with E-state index in [1.54, 1.807) is 6.21 Å². The van der Waals surface area contributed by atoms with Crippen LogP contribution in [-0.2, 0) is 6.42 Å². The summed E-state index contributed by atoms with van der Waals surface area (Å²) < 4.78 is 6.62. The Morgan fingerprint density at radius 1 is 1.21 bits per heavy atom. The zero-order valence-corrected chi connectivity index (χ0v) is 12.6. The Bertz CT molecular complexity index is 413. The monoisotopic (exact) mass is 263 g/mol. The molecule has 19 heavy (non-hydrogen) atoms. The van der Waals surface area contributed by atoms with Crippen LogP contribution in [0.4, 0.5) is 0 Å². The van der Waals surface area contributed by atoms with E-state index >= 15 is 0 Å². The van der Waals surface area contributed by atoms with E-state index in [1.165, 1.54) is 5.56 Å². The topological polar surface area (TPSA) is 35.3 Å². The third-order valence-corrected chi connectivity index (χ3v) is 2.68. The summed E-state index contributed by atoms with van der Waals surface area (Å²) in [5.74, 6) is 0.892.